The molecule has 0 saturated carbocycles. The van der Waals surface area contributed by atoms with Crippen LogP contribution in [0.4, 0.5) is 0 Å². The molecule has 2 N–H and O–H groups in total. The Labute approximate surface area is 133 Å². The summed E-state index contributed by atoms with van der Waals surface area (Å²) >= 11 is 0. The summed E-state index contributed by atoms with van der Waals surface area (Å²) in [7, 11) is 0. The zero-order valence-corrected chi connectivity index (χ0v) is 14.4. The second kappa shape index (κ2) is 7.67. The normalized spacial score (nSPS) is 14.8. The van der Waals surface area contributed by atoms with Crippen molar-refractivity contribution in [2.75, 3.05) is 19.6 Å². The molecule has 0 aromatic heterocycles. The maximum atomic E-state index is 4.40. The van der Waals surface area contributed by atoms with Crippen molar-refractivity contribution >= 4 is 22.9 Å². The Morgan fingerprint density at radius 1 is 1.20 bits per heavy atom. The zero-order valence-electron chi connectivity index (χ0n) is 12.7. The standard InChI is InChI=1S/C16H25N3.BrH/c1-16(2,3)14-7-5-13(6-8-14)9-12-19-15-17-10-4-11-18-15;/h5-8H,4,9-12H2,1-3H3,(H2,17,18,19);1H. The highest BCUT2D eigenvalue weighted by Gasteiger charge is 2.12. The number of benzene rings is 1. The number of hydrogen-bond donors (Lipinski definition) is 2. The van der Waals surface area contributed by atoms with Crippen LogP contribution in [0.1, 0.15) is 38.3 Å². The van der Waals surface area contributed by atoms with Crippen LogP contribution in [0, 0.1) is 0 Å². The van der Waals surface area contributed by atoms with Crippen molar-refractivity contribution in [1.82, 2.24) is 10.6 Å². The van der Waals surface area contributed by atoms with Gasteiger partial charge in [-0.15, -0.1) is 17.0 Å². The van der Waals surface area contributed by atoms with Crippen molar-refractivity contribution in [2.24, 2.45) is 4.99 Å². The van der Waals surface area contributed by atoms with Gasteiger partial charge >= 0.3 is 0 Å². The molecular formula is C16H26BrN3. The van der Waals surface area contributed by atoms with Crippen molar-refractivity contribution in [3.8, 4) is 0 Å². The first-order valence-corrected chi connectivity index (χ1v) is 7.17. The molecule has 3 nitrogen and oxygen atoms in total. The van der Waals surface area contributed by atoms with Crippen molar-refractivity contribution in [3.05, 3.63) is 35.4 Å². The van der Waals surface area contributed by atoms with E-state index >= 15 is 0 Å². The van der Waals surface area contributed by atoms with Gasteiger partial charge in [0.25, 0.3) is 0 Å². The second-order valence-electron chi connectivity index (χ2n) is 6.13. The fraction of sp³-hybridized carbons (Fsp3) is 0.562. The molecule has 0 radical (unpaired) electrons. The van der Waals surface area contributed by atoms with Crippen LogP contribution in [-0.4, -0.2) is 25.6 Å². The predicted octanol–water partition coefficient (Wildman–Crippen LogP) is 3.04. The van der Waals surface area contributed by atoms with E-state index in [2.05, 4.69) is 60.7 Å². The van der Waals surface area contributed by atoms with Gasteiger partial charge in [0.1, 0.15) is 0 Å². The number of aliphatic imine (C=N–C) groups is 1. The van der Waals surface area contributed by atoms with Gasteiger partial charge in [0, 0.05) is 19.6 Å². The molecule has 1 heterocycles. The number of rotatable bonds is 3. The van der Waals surface area contributed by atoms with Crippen LogP contribution in [0.25, 0.3) is 0 Å². The lowest BCUT2D eigenvalue weighted by Gasteiger charge is -2.19. The maximum Gasteiger partial charge on any atom is 0.191 e. The van der Waals surface area contributed by atoms with E-state index in [0.29, 0.717) is 0 Å². The molecule has 1 aromatic rings. The van der Waals surface area contributed by atoms with Gasteiger partial charge in [-0.05, 0) is 29.4 Å². The van der Waals surface area contributed by atoms with Gasteiger partial charge in [0.15, 0.2) is 5.96 Å². The van der Waals surface area contributed by atoms with Crippen LogP contribution in [0.5, 0.6) is 0 Å². The number of hydrogen-bond acceptors (Lipinski definition) is 3. The van der Waals surface area contributed by atoms with Crippen LogP contribution in [0.3, 0.4) is 0 Å². The van der Waals surface area contributed by atoms with Gasteiger partial charge in [-0.3, -0.25) is 4.99 Å². The van der Waals surface area contributed by atoms with Gasteiger partial charge < -0.3 is 10.6 Å². The zero-order chi connectivity index (χ0) is 13.7. The molecular weight excluding hydrogens is 314 g/mol. The molecule has 0 unspecified atom stereocenters. The van der Waals surface area contributed by atoms with Crippen molar-refractivity contribution in [1.29, 1.82) is 0 Å². The fourth-order valence-corrected chi connectivity index (χ4v) is 2.15. The van der Waals surface area contributed by atoms with Gasteiger partial charge in [0.2, 0.25) is 0 Å². The molecule has 20 heavy (non-hydrogen) atoms. The summed E-state index contributed by atoms with van der Waals surface area (Å²) in [6, 6.07) is 8.95. The lowest BCUT2D eigenvalue weighted by molar-refractivity contribution is 0.590. The van der Waals surface area contributed by atoms with E-state index in [9.17, 15) is 0 Å². The van der Waals surface area contributed by atoms with Crippen molar-refractivity contribution in [2.45, 2.75) is 39.0 Å². The van der Waals surface area contributed by atoms with Crippen LogP contribution in [0.15, 0.2) is 29.3 Å². The molecule has 0 saturated heterocycles. The van der Waals surface area contributed by atoms with E-state index in [1.54, 1.807) is 0 Å². The molecule has 1 aliphatic heterocycles. The minimum Gasteiger partial charge on any atom is -0.356 e. The largest absolute Gasteiger partial charge is 0.356 e. The smallest absolute Gasteiger partial charge is 0.191 e. The quantitative estimate of drug-likeness (QED) is 0.887. The Morgan fingerprint density at radius 2 is 1.90 bits per heavy atom. The van der Waals surface area contributed by atoms with Crippen LogP contribution >= 0.6 is 17.0 Å². The van der Waals surface area contributed by atoms with E-state index in [1.165, 1.54) is 11.1 Å². The summed E-state index contributed by atoms with van der Waals surface area (Å²) in [4.78, 5) is 4.40. The van der Waals surface area contributed by atoms with E-state index in [1.807, 2.05) is 0 Å². The number of nitrogens with zero attached hydrogens (tertiary/aromatic N) is 1. The molecule has 0 fully saturated rings. The Bertz CT molecular complexity index is 432. The first kappa shape index (κ1) is 17.0. The number of halogens is 1. The third kappa shape index (κ3) is 5.16. The minimum absolute atomic E-state index is 0. The lowest BCUT2D eigenvalue weighted by Crippen LogP contribution is -2.41. The van der Waals surface area contributed by atoms with E-state index in [0.717, 1.165) is 38.4 Å². The molecule has 2 rings (SSSR count). The van der Waals surface area contributed by atoms with Crippen molar-refractivity contribution in [3.63, 3.8) is 0 Å². The van der Waals surface area contributed by atoms with Crippen LogP contribution < -0.4 is 10.6 Å². The maximum absolute atomic E-state index is 4.40. The van der Waals surface area contributed by atoms with E-state index in [4.69, 9.17) is 0 Å². The summed E-state index contributed by atoms with van der Waals surface area (Å²) in [5.74, 6) is 0.956. The third-order valence-corrected chi connectivity index (χ3v) is 3.42. The average Bonchev–Trinajstić information content (AvgIpc) is 2.39. The third-order valence-electron chi connectivity index (χ3n) is 3.42. The average molecular weight is 340 g/mol. The number of guanidine groups is 1. The first-order valence-electron chi connectivity index (χ1n) is 7.17. The minimum atomic E-state index is 0. The summed E-state index contributed by atoms with van der Waals surface area (Å²) in [6.45, 7) is 9.64. The Hall–Kier alpha value is -1.03. The topological polar surface area (TPSA) is 36.4 Å². The molecule has 112 valence electrons. The van der Waals surface area contributed by atoms with Gasteiger partial charge in [0.05, 0.1) is 0 Å². The molecule has 1 aromatic carbocycles. The monoisotopic (exact) mass is 339 g/mol. The SMILES string of the molecule is Br.CC(C)(C)c1ccc(CCNC2=NCCCN2)cc1. The van der Waals surface area contributed by atoms with E-state index < -0.39 is 0 Å². The first-order chi connectivity index (χ1) is 9.05. The summed E-state index contributed by atoms with van der Waals surface area (Å²) in [5.41, 5.74) is 3.00. The molecule has 1 aliphatic rings. The van der Waals surface area contributed by atoms with Gasteiger partial charge in [-0.1, -0.05) is 45.0 Å². The van der Waals surface area contributed by atoms with Crippen molar-refractivity contribution < 1.29 is 0 Å². The number of nitrogens with one attached hydrogen (secondary N) is 2. The van der Waals surface area contributed by atoms with Crippen LogP contribution in [-0.2, 0) is 11.8 Å². The lowest BCUT2D eigenvalue weighted by atomic mass is 9.86. The highest BCUT2D eigenvalue weighted by Crippen LogP contribution is 2.22. The highest BCUT2D eigenvalue weighted by atomic mass is 79.9. The summed E-state index contributed by atoms with van der Waals surface area (Å²) < 4.78 is 0. The second-order valence-corrected chi connectivity index (χ2v) is 6.13. The predicted molar refractivity (Wildman–Crippen MR) is 92.1 cm³/mol. The fourth-order valence-electron chi connectivity index (χ4n) is 2.15. The Kier molecular flexibility index (Phi) is 6.53. The molecule has 0 aliphatic carbocycles. The van der Waals surface area contributed by atoms with Crippen LogP contribution in [0.2, 0.25) is 0 Å². The molecule has 0 bridgehead atoms. The summed E-state index contributed by atoms with van der Waals surface area (Å²) in [5, 5.41) is 6.63. The molecule has 0 spiro atoms. The molecule has 4 heteroatoms. The molecule has 0 atom stereocenters. The highest BCUT2D eigenvalue weighted by molar-refractivity contribution is 8.93. The Balaban J connectivity index is 0.00000200. The molecule has 0 amide bonds. The van der Waals surface area contributed by atoms with E-state index in [-0.39, 0.29) is 22.4 Å². The summed E-state index contributed by atoms with van der Waals surface area (Å²) in [6.07, 6.45) is 2.17. The van der Waals surface area contributed by atoms with Gasteiger partial charge in [-0.25, -0.2) is 0 Å². The Morgan fingerprint density at radius 3 is 2.45 bits per heavy atom. The van der Waals surface area contributed by atoms with Gasteiger partial charge in [-0.2, -0.15) is 0 Å².